The third-order valence-corrected chi connectivity index (χ3v) is 3.34. The smallest absolute Gasteiger partial charge is 0.317 e. The van der Waals surface area contributed by atoms with E-state index in [2.05, 4.69) is 13.5 Å². The summed E-state index contributed by atoms with van der Waals surface area (Å²) in [6.45, 7) is 6.38. The number of carbonyl (C=O) groups is 1. The molecule has 0 fully saturated rings. The summed E-state index contributed by atoms with van der Waals surface area (Å²) >= 11 is 0. The van der Waals surface area contributed by atoms with E-state index in [9.17, 15) is 4.79 Å². The van der Waals surface area contributed by atoms with E-state index in [1.807, 2.05) is 29.2 Å². The van der Waals surface area contributed by atoms with Crippen molar-refractivity contribution in [3.05, 3.63) is 42.5 Å². The number of hydrogen-bond acceptors (Lipinski definition) is 3. The molecule has 0 aromatic heterocycles. The minimum Gasteiger partial charge on any atom is -0.497 e. The van der Waals surface area contributed by atoms with Crippen LogP contribution in [0.25, 0.3) is 0 Å². The molecular weight excluding hydrogens is 254 g/mol. The third kappa shape index (κ3) is 5.45. The second-order valence-electron chi connectivity index (χ2n) is 4.85. The highest BCUT2D eigenvalue weighted by Crippen LogP contribution is 2.14. The number of methoxy groups -OCH3 is 1. The molecule has 1 atom stereocenters. The lowest BCUT2D eigenvalue weighted by Crippen LogP contribution is -2.37. The van der Waals surface area contributed by atoms with Crippen LogP contribution in [0.5, 0.6) is 5.75 Å². The van der Waals surface area contributed by atoms with Gasteiger partial charge in [-0.3, -0.25) is 9.69 Å². The van der Waals surface area contributed by atoms with Crippen molar-refractivity contribution >= 4 is 5.97 Å². The highest BCUT2D eigenvalue weighted by atomic mass is 16.5. The Morgan fingerprint density at radius 1 is 1.45 bits per heavy atom. The van der Waals surface area contributed by atoms with Gasteiger partial charge in [-0.25, -0.2) is 0 Å². The summed E-state index contributed by atoms with van der Waals surface area (Å²) in [5.74, 6) is 0.0455. The van der Waals surface area contributed by atoms with E-state index in [1.165, 1.54) is 5.56 Å². The number of carboxylic acids is 1. The Bertz CT molecular complexity index is 428. The maximum atomic E-state index is 10.8. The van der Waals surface area contributed by atoms with E-state index in [4.69, 9.17) is 9.84 Å². The van der Waals surface area contributed by atoms with Gasteiger partial charge in [0.25, 0.3) is 0 Å². The Morgan fingerprint density at radius 3 is 2.60 bits per heavy atom. The highest BCUT2D eigenvalue weighted by Gasteiger charge is 2.15. The molecule has 110 valence electrons. The van der Waals surface area contributed by atoms with Crippen LogP contribution in [-0.2, 0) is 11.2 Å². The van der Waals surface area contributed by atoms with E-state index in [-0.39, 0.29) is 12.6 Å². The summed E-state index contributed by atoms with van der Waals surface area (Å²) in [6, 6.07) is 8.17. The molecule has 0 aliphatic carbocycles. The van der Waals surface area contributed by atoms with Gasteiger partial charge in [-0.1, -0.05) is 18.2 Å². The molecule has 0 amide bonds. The number of aliphatic carboxylic acids is 1. The van der Waals surface area contributed by atoms with Crippen molar-refractivity contribution in [3.63, 3.8) is 0 Å². The number of carboxylic acid groups (broad SMARTS) is 1. The van der Waals surface area contributed by atoms with E-state index >= 15 is 0 Å². The molecule has 1 aromatic rings. The van der Waals surface area contributed by atoms with Crippen molar-refractivity contribution in [1.82, 2.24) is 4.90 Å². The van der Waals surface area contributed by atoms with Gasteiger partial charge in [0.05, 0.1) is 13.7 Å². The number of nitrogens with zero attached hydrogens (tertiary/aromatic N) is 1. The number of ether oxygens (including phenoxy) is 1. The molecule has 0 spiro atoms. The van der Waals surface area contributed by atoms with Gasteiger partial charge in [0.2, 0.25) is 0 Å². The molecule has 1 N–H and O–H groups in total. The Labute approximate surface area is 120 Å². The molecule has 4 nitrogen and oxygen atoms in total. The molecular formula is C16H23NO3. The zero-order valence-electron chi connectivity index (χ0n) is 12.2. The summed E-state index contributed by atoms with van der Waals surface area (Å²) in [5, 5.41) is 8.91. The van der Waals surface area contributed by atoms with Gasteiger partial charge in [0.1, 0.15) is 5.75 Å². The Hall–Kier alpha value is -1.81. The molecule has 0 bridgehead atoms. The second kappa shape index (κ2) is 8.38. The van der Waals surface area contributed by atoms with Gasteiger partial charge < -0.3 is 9.84 Å². The fourth-order valence-corrected chi connectivity index (χ4v) is 2.09. The minimum atomic E-state index is -0.803. The van der Waals surface area contributed by atoms with Crippen molar-refractivity contribution in [1.29, 1.82) is 0 Å². The van der Waals surface area contributed by atoms with Crippen molar-refractivity contribution in [3.8, 4) is 5.75 Å². The van der Waals surface area contributed by atoms with Gasteiger partial charge in [-0.15, -0.1) is 6.58 Å². The lowest BCUT2D eigenvalue weighted by Gasteiger charge is -2.26. The Morgan fingerprint density at radius 2 is 2.10 bits per heavy atom. The third-order valence-electron chi connectivity index (χ3n) is 3.34. The average molecular weight is 277 g/mol. The molecule has 0 radical (unpaired) electrons. The van der Waals surface area contributed by atoms with Crippen LogP contribution in [0.15, 0.2) is 36.9 Å². The van der Waals surface area contributed by atoms with Crippen LogP contribution in [0.4, 0.5) is 0 Å². The van der Waals surface area contributed by atoms with E-state index in [1.54, 1.807) is 13.2 Å². The van der Waals surface area contributed by atoms with Crippen LogP contribution >= 0.6 is 0 Å². The fraction of sp³-hybridized carbons (Fsp3) is 0.438. The lowest BCUT2D eigenvalue weighted by molar-refractivity contribution is -0.138. The summed E-state index contributed by atoms with van der Waals surface area (Å²) in [7, 11) is 1.65. The standard InChI is InChI=1S/C16H23NO3/c1-4-11-17(12-16(18)19)13(2)5-6-14-7-9-15(20-3)10-8-14/h4,7-10,13H,1,5-6,11-12H2,2-3H3,(H,18,19). The Balaban J connectivity index is 2.52. The van der Waals surface area contributed by atoms with E-state index in [0.29, 0.717) is 6.54 Å². The number of aryl methyl sites for hydroxylation is 1. The summed E-state index contributed by atoms with van der Waals surface area (Å²) in [5.41, 5.74) is 1.23. The zero-order chi connectivity index (χ0) is 15.0. The zero-order valence-corrected chi connectivity index (χ0v) is 12.2. The predicted octanol–water partition coefficient (Wildman–Crippen LogP) is 2.59. The van der Waals surface area contributed by atoms with Crippen molar-refractivity contribution < 1.29 is 14.6 Å². The largest absolute Gasteiger partial charge is 0.497 e. The molecule has 0 saturated carbocycles. The average Bonchev–Trinajstić information content (AvgIpc) is 2.44. The summed E-state index contributed by atoms with van der Waals surface area (Å²) in [4.78, 5) is 12.8. The number of hydrogen-bond donors (Lipinski definition) is 1. The first-order chi connectivity index (χ1) is 9.56. The SMILES string of the molecule is C=CCN(CC(=O)O)C(C)CCc1ccc(OC)cc1. The van der Waals surface area contributed by atoms with Gasteiger partial charge in [-0.2, -0.15) is 0 Å². The van der Waals surface area contributed by atoms with Gasteiger partial charge >= 0.3 is 5.97 Å². The summed E-state index contributed by atoms with van der Waals surface area (Å²) in [6.07, 6.45) is 3.57. The number of rotatable bonds is 9. The van der Waals surface area contributed by atoms with Crippen LogP contribution in [0.2, 0.25) is 0 Å². The van der Waals surface area contributed by atoms with Gasteiger partial charge in [0, 0.05) is 12.6 Å². The monoisotopic (exact) mass is 277 g/mol. The maximum absolute atomic E-state index is 10.8. The molecule has 0 aliphatic rings. The molecule has 20 heavy (non-hydrogen) atoms. The molecule has 0 aliphatic heterocycles. The highest BCUT2D eigenvalue weighted by molar-refractivity contribution is 5.69. The van der Waals surface area contributed by atoms with Crippen LogP contribution in [0.3, 0.4) is 0 Å². The first kappa shape index (κ1) is 16.2. The molecule has 1 rings (SSSR count). The van der Waals surface area contributed by atoms with Crippen LogP contribution in [-0.4, -0.2) is 42.2 Å². The topological polar surface area (TPSA) is 49.8 Å². The van der Waals surface area contributed by atoms with Gasteiger partial charge in [0.15, 0.2) is 0 Å². The van der Waals surface area contributed by atoms with Crippen LogP contribution < -0.4 is 4.74 Å². The molecule has 1 unspecified atom stereocenters. The first-order valence-corrected chi connectivity index (χ1v) is 6.76. The molecule has 4 heteroatoms. The van der Waals surface area contributed by atoms with Crippen molar-refractivity contribution in [2.75, 3.05) is 20.2 Å². The molecule has 0 heterocycles. The van der Waals surface area contributed by atoms with Crippen molar-refractivity contribution in [2.45, 2.75) is 25.8 Å². The van der Waals surface area contributed by atoms with E-state index < -0.39 is 5.97 Å². The van der Waals surface area contributed by atoms with E-state index in [0.717, 1.165) is 18.6 Å². The number of benzene rings is 1. The summed E-state index contributed by atoms with van der Waals surface area (Å²) < 4.78 is 5.12. The predicted molar refractivity (Wildman–Crippen MR) is 80.2 cm³/mol. The maximum Gasteiger partial charge on any atom is 0.317 e. The molecule has 0 saturated heterocycles. The Kier molecular flexibility index (Phi) is 6.81. The lowest BCUT2D eigenvalue weighted by atomic mass is 10.0. The van der Waals surface area contributed by atoms with Gasteiger partial charge in [-0.05, 0) is 37.5 Å². The minimum absolute atomic E-state index is 0.0514. The molecule has 1 aromatic carbocycles. The second-order valence-corrected chi connectivity index (χ2v) is 4.85. The van der Waals surface area contributed by atoms with Crippen molar-refractivity contribution in [2.24, 2.45) is 0 Å². The van der Waals surface area contributed by atoms with Crippen LogP contribution in [0, 0.1) is 0 Å². The quantitative estimate of drug-likeness (QED) is 0.705. The fourth-order valence-electron chi connectivity index (χ4n) is 2.09. The normalized spacial score (nSPS) is 12.2. The first-order valence-electron chi connectivity index (χ1n) is 6.76. The van der Waals surface area contributed by atoms with Crippen LogP contribution in [0.1, 0.15) is 18.9 Å².